The van der Waals surface area contributed by atoms with E-state index in [0.717, 1.165) is 22.8 Å². The number of carbonyl (C=O) groups excluding carboxylic acids is 1. The van der Waals surface area contributed by atoms with Crippen LogP contribution < -0.4 is 5.32 Å². The minimum absolute atomic E-state index is 0.164. The topological polar surface area (TPSA) is 46.9 Å². The Labute approximate surface area is 110 Å². The molecule has 0 unspecified atom stereocenters. The van der Waals surface area contributed by atoms with Crippen LogP contribution in [-0.4, -0.2) is 15.6 Å². The number of rotatable bonds is 1. The van der Waals surface area contributed by atoms with Crippen LogP contribution in [0.15, 0.2) is 36.9 Å². The summed E-state index contributed by atoms with van der Waals surface area (Å²) in [6, 6.07) is 2.43. The predicted molar refractivity (Wildman–Crippen MR) is 63.1 cm³/mol. The van der Waals surface area contributed by atoms with Crippen molar-refractivity contribution < 1.29 is 18.0 Å². The highest BCUT2D eigenvalue weighted by Crippen LogP contribution is 2.35. The second kappa shape index (κ2) is 4.93. The molecule has 0 fully saturated rings. The maximum absolute atomic E-state index is 12.5. The van der Waals surface area contributed by atoms with Gasteiger partial charge in [0.25, 0.3) is 0 Å². The number of carbonyl (C=O) groups is 1. The molecule has 0 atom stereocenters. The van der Waals surface area contributed by atoms with E-state index in [4.69, 9.17) is 11.6 Å². The van der Waals surface area contributed by atoms with Gasteiger partial charge in [-0.05, 0) is 18.2 Å². The van der Waals surface area contributed by atoms with Gasteiger partial charge in [-0.3, -0.25) is 4.57 Å². The van der Waals surface area contributed by atoms with E-state index in [1.807, 2.05) is 0 Å². The van der Waals surface area contributed by atoms with Crippen molar-refractivity contribution in [3.8, 4) is 0 Å². The van der Waals surface area contributed by atoms with Gasteiger partial charge in [0.1, 0.15) is 6.33 Å². The van der Waals surface area contributed by atoms with Crippen LogP contribution in [0.2, 0.25) is 5.02 Å². The monoisotopic (exact) mass is 289 g/mol. The molecule has 4 nitrogen and oxygen atoms in total. The highest BCUT2D eigenvalue weighted by Gasteiger charge is 2.33. The lowest BCUT2D eigenvalue weighted by molar-refractivity contribution is -0.137. The van der Waals surface area contributed by atoms with Crippen molar-refractivity contribution >= 4 is 23.3 Å². The predicted octanol–water partition coefficient (Wildman–Crippen LogP) is 3.64. The zero-order valence-electron chi connectivity index (χ0n) is 9.28. The zero-order chi connectivity index (χ0) is 14.0. The highest BCUT2D eigenvalue weighted by atomic mass is 35.5. The normalized spacial score (nSPS) is 11.4. The molecule has 1 amide bonds. The van der Waals surface area contributed by atoms with Gasteiger partial charge >= 0.3 is 12.2 Å². The smallest absolute Gasteiger partial charge is 0.307 e. The van der Waals surface area contributed by atoms with Gasteiger partial charge in [0.2, 0.25) is 0 Å². The molecule has 100 valence electrons. The van der Waals surface area contributed by atoms with E-state index in [0.29, 0.717) is 0 Å². The first kappa shape index (κ1) is 13.4. The third kappa shape index (κ3) is 3.05. The van der Waals surface area contributed by atoms with Gasteiger partial charge in [0.15, 0.2) is 0 Å². The summed E-state index contributed by atoms with van der Waals surface area (Å²) in [6.07, 6.45) is -0.453. The number of nitrogens with zero attached hydrogens (tertiary/aromatic N) is 2. The molecule has 0 aliphatic carbocycles. The molecule has 1 aromatic carbocycles. The Morgan fingerprint density at radius 1 is 1.37 bits per heavy atom. The first-order valence-electron chi connectivity index (χ1n) is 5.04. The van der Waals surface area contributed by atoms with Crippen LogP contribution in [0.5, 0.6) is 0 Å². The van der Waals surface area contributed by atoms with Crippen molar-refractivity contribution in [2.75, 3.05) is 5.32 Å². The standard InChI is InChI=1S/C11H7ClF3N3O/c12-9-5-7(1-2-8(9)11(13,14)15)17-10(19)18-4-3-16-6-18/h1-6H,(H,17,19). The molecule has 0 saturated carbocycles. The van der Waals surface area contributed by atoms with Crippen molar-refractivity contribution in [3.63, 3.8) is 0 Å². The maximum Gasteiger partial charge on any atom is 0.417 e. The summed E-state index contributed by atoms with van der Waals surface area (Å²) in [7, 11) is 0. The Balaban J connectivity index is 2.19. The zero-order valence-corrected chi connectivity index (χ0v) is 10.0. The first-order chi connectivity index (χ1) is 8.88. The van der Waals surface area contributed by atoms with E-state index in [9.17, 15) is 18.0 Å². The third-order valence-corrected chi connectivity index (χ3v) is 2.58. The SMILES string of the molecule is O=C(Nc1ccc(C(F)(F)F)c(Cl)c1)n1ccnc1. The number of alkyl halides is 3. The van der Waals surface area contributed by atoms with Crippen LogP contribution in [0.3, 0.4) is 0 Å². The lowest BCUT2D eigenvalue weighted by atomic mass is 10.2. The molecular formula is C11H7ClF3N3O. The van der Waals surface area contributed by atoms with Crippen LogP contribution in [0.4, 0.5) is 23.7 Å². The van der Waals surface area contributed by atoms with E-state index in [1.54, 1.807) is 0 Å². The highest BCUT2D eigenvalue weighted by molar-refractivity contribution is 6.31. The number of hydrogen-bond donors (Lipinski definition) is 1. The number of benzene rings is 1. The molecule has 2 rings (SSSR count). The average molecular weight is 290 g/mol. The van der Waals surface area contributed by atoms with Gasteiger partial charge in [-0.25, -0.2) is 9.78 Å². The third-order valence-electron chi connectivity index (χ3n) is 2.26. The molecule has 8 heteroatoms. The molecular weight excluding hydrogens is 283 g/mol. The minimum atomic E-state index is -4.52. The van der Waals surface area contributed by atoms with Crippen LogP contribution in [-0.2, 0) is 6.18 Å². The van der Waals surface area contributed by atoms with Crippen LogP contribution in [0.1, 0.15) is 5.56 Å². The van der Waals surface area contributed by atoms with E-state index in [-0.39, 0.29) is 5.69 Å². The van der Waals surface area contributed by atoms with Crippen LogP contribution in [0, 0.1) is 0 Å². The number of nitrogens with one attached hydrogen (secondary N) is 1. The van der Waals surface area contributed by atoms with E-state index in [2.05, 4.69) is 10.3 Å². The molecule has 0 aliphatic rings. The largest absolute Gasteiger partial charge is 0.417 e. The van der Waals surface area contributed by atoms with Crippen molar-refractivity contribution in [1.29, 1.82) is 0 Å². The molecule has 1 heterocycles. The van der Waals surface area contributed by atoms with E-state index in [1.165, 1.54) is 18.7 Å². The average Bonchev–Trinajstić information content (AvgIpc) is 2.80. The molecule has 0 aliphatic heterocycles. The summed E-state index contributed by atoms with van der Waals surface area (Å²) >= 11 is 5.53. The fourth-order valence-corrected chi connectivity index (χ4v) is 1.68. The fourth-order valence-electron chi connectivity index (χ4n) is 1.39. The number of anilines is 1. The Bertz CT molecular complexity index is 596. The fraction of sp³-hybridized carbons (Fsp3) is 0.0909. The van der Waals surface area contributed by atoms with Gasteiger partial charge in [0, 0.05) is 18.1 Å². The Morgan fingerprint density at radius 3 is 2.63 bits per heavy atom. The molecule has 0 spiro atoms. The van der Waals surface area contributed by atoms with Crippen molar-refractivity contribution in [2.45, 2.75) is 6.18 Å². The van der Waals surface area contributed by atoms with Gasteiger partial charge in [-0.2, -0.15) is 13.2 Å². The number of hydrogen-bond acceptors (Lipinski definition) is 2. The van der Waals surface area contributed by atoms with Gasteiger partial charge in [-0.1, -0.05) is 11.6 Å². The summed E-state index contributed by atoms with van der Waals surface area (Å²) in [5.74, 6) is 0. The summed E-state index contributed by atoms with van der Waals surface area (Å²) in [5.41, 5.74) is -0.786. The van der Waals surface area contributed by atoms with Crippen LogP contribution >= 0.6 is 11.6 Å². The summed E-state index contributed by atoms with van der Waals surface area (Å²) in [4.78, 5) is 15.3. The number of amides is 1. The number of halogens is 4. The van der Waals surface area contributed by atoms with Crippen molar-refractivity contribution in [3.05, 3.63) is 47.5 Å². The van der Waals surface area contributed by atoms with E-state index < -0.39 is 22.8 Å². The maximum atomic E-state index is 12.5. The van der Waals surface area contributed by atoms with Crippen molar-refractivity contribution in [2.24, 2.45) is 0 Å². The quantitative estimate of drug-likeness (QED) is 0.871. The Morgan fingerprint density at radius 2 is 2.11 bits per heavy atom. The second-order valence-electron chi connectivity index (χ2n) is 3.59. The molecule has 1 aromatic heterocycles. The Kier molecular flexibility index (Phi) is 3.48. The van der Waals surface area contributed by atoms with Gasteiger partial charge < -0.3 is 5.32 Å². The van der Waals surface area contributed by atoms with Gasteiger partial charge in [-0.15, -0.1) is 0 Å². The summed E-state index contributed by atoms with van der Waals surface area (Å²) < 4.78 is 38.6. The lowest BCUT2D eigenvalue weighted by Gasteiger charge is -2.11. The Hall–Kier alpha value is -2.02. The molecule has 1 N–H and O–H groups in total. The summed E-state index contributed by atoms with van der Waals surface area (Å²) in [6.45, 7) is 0. The molecule has 0 radical (unpaired) electrons. The minimum Gasteiger partial charge on any atom is -0.307 e. The molecule has 2 aromatic rings. The number of aromatic nitrogens is 2. The molecule has 0 bridgehead atoms. The molecule has 0 saturated heterocycles. The van der Waals surface area contributed by atoms with E-state index >= 15 is 0 Å². The van der Waals surface area contributed by atoms with Crippen molar-refractivity contribution in [1.82, 2.24) is 9.55 Å². The van der Waals surface area contributed by atoms with Crippen LogP contribution in [0.25, 0.3) is 0 Å². The molecule has 19 heavy (non-hydrogen) atoms. The first-order valence-corrected chi connectivity index (χ1v) is 5.42. The second-order valence-corrected chi connectivity index (χ2v) is 4.00. The number of imidazole rings is 1. The summed E-state index contributed by atoms with van der Waals surface area (Å²) in [5, 5.41) is 1.92. The van der Waals surface area contributed by atoms with Gasteiger partial charge in [0.05, 0.1) is 10.6 Å². The lowest BCUT2D eigenvalue weighted by Crippen LogP contribution is -2.18.